The maximum absolute atomic E-state index is 11.0. The molecule has 2 atom stereocenters. The third kappa shape index (κ3) is 13.0. The van der Waals surface area contributed by atoms with Crippen molar-refractivity contribution in [3.8, 4) is 0 Å². The Balaban J connectivity index is 4.01. The summed E-state index contributed by atoms with van der Waals surface area (Å²) in [6, 6.07) is 0. The van der Waals surface area contributed by atoms with E-state index in [0.717, 1.165) is 31.3 Å². The van der Waals surface area contributed by atoms with Crippen LogP contribution in [-0.2, 0) is 13.7 Å². The number of rotatable bonds is 10. The molecule has 0 bridgehead atoms. The van der Waals surface area contributed by atoms with E-state index in [-0.39, 0.29) is 6.61 Å². The first kappa shape index (κ1) is 20.6. The highest BCUT2D eigenvalue weighted by atomic mass is 32.1. The van der Waals surface area contributed by atoms with Crippen LogP contribution in [0.5, 0.6) is 0 Å². The van der Waals surface area contributed by atoms with E-state index in [9.17, 15) is 9.13 Å². The van der Waals surface area contributed by atoms with Gasteiger partial charge in [0.25, 0.3) is 0 Å². The van der Waals surface area contributed by atoms with Gasteiger partial charge in [0.15, 0.2) is 8.15 Å². The van der Waals surface area contributed by atoms with Crippen LogP contribution in [0.1, 0.15) is 53.4 Å². The van der Waals surface area contributed by atoms with Crippen LogP contribution in [0, 0.1) is 0 Å². The third-order valence-corrected chi connectivity index (χ3v) is 4.98. The summed E-state index contributed by atoms with van der Waals surface area (Å²) in [5.41, 5.74) is 3.83. The summed E-state index contributed by atoms with van der Waals surface area (Å²) < 4.78 is 26.1. The molecule has 0 amide bonds. The van der Waals surface area contributed by atoms with Gasteiger partial charge >= 0.3 is 7.28 Å². The Morgan fingerprint density at radius 3 is 2.10 bits per heavy atom. The van der Waals surface area contributed by atoms with Crippen LogP contribution in [-0.4, -0.2) is 11.5 Å². The van der Waals surface area contributed by atoms with Crippen molar-refractivity contribution < 1.29 is 18.5 Å². The molecule has 2 unspecified atom stereocenters. The largest absolute Gasteiger partial charge is 0.378 e. The summed E-state index contributed by atoms with van der Waals surface area (Å²) in [6.07, 6.45) is 10.2. The highest BCUT2D eigenvalue weighted by Crippen LogP contribution is 2.54. The molecule has 0 radical (unpaired) electrons. The Bertz CT molecular complexity index is 460. The molecule has 0 rings (SSSR count). The maximum Gasteiger partial charge on any atom is 0.378 e. The highest BCUT2D eigenvalue weighted by molar-refractivity contribution is 8.14. The molecular formula is C15H28O4P2. The molecule has 0 aliphatic rings. The van der Waals surface area contributed by atoms with E-state index in [0.29, 0.717) is 0 Å². The number of hydrogen-bond donors (Lipinski definition) is 1. The standard InChI is InChI=1S/C15H28O4P2/c1-13(2)7-5-8-14(3)9-6-10-15(4)11-12-19-21(17,18)20-16/h7,9,11H,5-6,8,10,12,20H2,1-4H3,(H,17,18). The van der Waals surface area contributed by atoms with Gasteiger partial charge in [-0.05, 0) is 53.4 Å². The first-order chi connectivity index (χ1) is 9.76. The van der Waals surface area contributed by atoms with Crippen LogP contribution >= 0.6 is 15.4 Å². The second-order valence-corrected chi connectivity index (χ2v) is 9.61. The first-order valence-electron chi connectivity index (χ1n) is 7.15. The second-order valence-electron chi connectivity index (χ2n) is 5.43. The quantitative estimate of drug-likeness (QED) is 0.436. The molecule has 0 aromatic carbocycles. The molecule has 122 valence electrons. The lowest BCUT2D eigenvalue weighted by molar-refractivity contribution is 0.303. The van der Waals surface area contributed by atoms with Crippen molar-refractivity contribution in [2.24, 2.45) is 0 Å². The van der Waals surface area contributed by atoms with E-state index in [4.69, 9.17) is 4.89 Å². The predicted molar refractivity (Wildman–Crippen MR) is 91.6 cm³/mol. The van der Waals surface area contributed by atoms with Crippen molar-refractivity contribution in [2.75, 3.05) is 6.61 Å². The average molecular weight is 334 g/mol. The summed E-state index contributed by atoms with van der Waals surface area (Å²) >= 11 is 0. The van der Waals surface area contributed by atoms with Crippen LogP contribution in [0.4, 0.5) is 0 Å². The Morgan fingerprint density at radius 1 is 1.05 bits per heavy atom. The number of hydrogen-bond acceptors (Lipinski definition) is 3. The van der Waals surface area contributed by atoms with Gasteiger partial charge in [0.05, 0.1) is 6.61 Å². The van der Waals surface area contributed by atoms with E-state index >= 15 is 0 Å². The minimum atomic E-state index is -3.83. The van der Waals surface area contributed by atoms with Gasteiger partial charge in [0, 0.05) is 0 Å². The molecule has 0 aromatic heterocycles. The summed E-state index contributed by atoms with van der Waals surface area (Å²) in [5.74, 6) is 0. The number of allylic oxidation sites excluding steroid dienone is 5. The molecule has 1 N–H and O–H groups in total. The minimum Gasteiger partial charge on any atom is -0.320 e. The SMILES string of the molecule is CC(C)=CCCC(C)=CCCC(C)=CCOP(=O)(O)[PH2]=O. The van der Waals surface area contributed by atoms with Gasteiger partial charge in [-0.15, -0.1) is 0 Å². The van der Waals surface area contributed by atoms with Gasteiger partial charge in [0.2, 0.25) is 0 Å². The molecular weight excluding hydrogens is 306 g/mol. The van der Waals surface area contributed by atoms with Gasteiger partial charge in [-0.2, -0.15) is 0 Å². The Hall–Kier alpha value is -0.400. The zero-order valence-corrected chi connectivity index (χ0v) is 15.5. The van der Waals surface area contributed by atoms with E-state index in [1.807, 2.05) is 6.92 Å². The van der Waals surface area contributed by atoms with Gasteiger partial charge < -0.3 is 9.46 Å². The molecule has 0 spiro atoms. The van der Waals surface area contributed by atoms with Crippen molar-refractivity contribution in [1.29, 1.82) is 0 Å². The van der Waals surface area contributed by atoms with Crippen LogP contribution < -0.4 is 0 Å². The Labute approximate surface area is 129 Å². The molecule has 6 heteroatoms. The van der Waals surface area contributed by atoms with Crippen LogP contribution in [0.25, 0.3) is 0 Å². The maximum atomic E-state index is 11.0. The van der Waals surface area contributed by atoms with Gasteiger partial charge in [-0.1, -0.05) is 34.9 Å². The van der Waals surface area contributed by atoms with Crippen molar-refractivity contribution in [3.63, 3.8) is 0 Å². The monoisotopic (exact) mass is 334 g/mol. The predicted octanol–water partition coefficient (Wildman–Crippen LogP) is 5.28. The summed E-state index contributed by atoms with van der Waals surface area (Å²) in [7, 11) is -5.61. The first-order valence-corrected chi connectivity index (χ1v) is 10.8. The molecule has 0 aliphatic heterocycles. The fourth-order valence-corrected chi connectivity index (χ4v) is 2.45. The molecule has 0 heterocycles. The lowest BCUT2D eigenvalue weighted by Crippen LogP contribution is -1.87. The van der Waals surface area contributed by atoms with E-state index in [1.165, 1.54) is 11.1 Å². The summed E-state index contributed by atoms with van der Waals surface area (Å²) in [4.78, 5) is 9.02. The van der Waals surface area contributed by atoms with E-state index in [2.05, 4.69) is 37.4 Å². The lowest BCUT2D eigenvalue weighted by atomic mass is 10.1. The highest BCUT2D eigenvalue weighted by Gasteiger charge is 2.14. The second kappa shape index (κ2) is 11.2. The van der Waals surface area contributed by atoms with Crippen molar-refractivity contribution in [1.82, 2.24) is 0 Å². The summed E-state index contributed by atoms with van der Waals surface area (Å²) in [6.45, 7) is 8.35. The fourth-order valence-electron chi connectivity index (χ4n) is 1.66. The normalized spacial score (nSPS) is 16.2. The molecule has 4 nitrogen and oxygen atoms in total. The molecule has 0 fully saturated rings. The lowest BCUT2D eigenvalue weighted by Gasteiger charge is -2.04. The molecule has 0 aliphatic carbocycles. The average Bonchev–Trinajstić information content (AvgIpc) is 2.38. The third-order valence-electron chi connectivity index (χ3n) is 2.95. The zero-order chi connectivity index (χ0) is 16.3. The zero-order valence-electron chi connectivity index (χ0n) is 13.5. The summed E-state index contributed by atoms with van der Waals surface area (Å²) in [5, 5.41) is 0. The molecule has 0 aromatic rings. The molecule has 0 saturated carbocycles. The fraction of sp³-hybridized carbons (Fsp3) is 0.600. The Morgan fingerprint density at radius 2 is 1.57 bits per heavy atom. The smallest absolute Gasteiger partial charge is 0.320 e. The molecule has 0 saturated heterocycles. The minimum absolute atomic E-state index is 0.0398. The van der Waals surface area contributed by atoms with Gasteiger partial charge in [0.1, 0.15) is 0 Å². The van der Waals surface area contributed by atoms with E-state index < -0.39 is 15.4 Å². The van der Waals surface area contributed by atoms with Crippen molar-refractivity contribution in [2.45, 2.75) is 53.4 Å². The van der Waals surface area contributed by atoms with E-state index in [1.54, 1.807) is 6.08 Å². The van der Waals surface area contributed by atoms with Crippen molar-refractivity contribution in [3.05, 3.63) is 34.9 Å². The Kier molecular flexibility index (Phi) is 11.0. The van der Waals surface area contributed by atoms with Crippen molar-refractivity contribution >= 4 is 15.4 Å². The van der Waals surface area contributed by atoms with Gasteiger partial charge in [-0.25, -0.2) is 0 Å². The van der Waals surface area contributed by atoms with Crippen LogP contribution in [0.15, 0.2) is 34.9 Å². The van der Waals surface area contributed by atoms with Crippen LogP contribution in [0.2, 0.25) is 0 Å². The van der Waals surface area contributed by atoms with Crippen LogP contribution in [0.3, 0.4) is 0 Å². The molecule has 21 heavy (non-hydrogen) atoms. The van der Waals surface area contributed by atoms with Gasteiger partial charge in [-0.3, -0.25) is 9.09 Å². The topological polar surface area (TPSA) is 63.6 Å².